The molecular formula is C19H29NO4. The molecule has 0 heterocycles. The van der Waals surface area contributed by atoms with Crippen molar-refractivity contribution in [1.29, 1.82) is 0 Å². The Balaban J connectivity index is 2.13. The highest BCUT2D eigenvalue weighted by Crippen LogP contribution is 2.26. The van der Waals surface area contributed by atoms with Crippen molar-refractivity contribution >= 4 is 11.7 Å². The summed E-state index contributed by atoms with van der Waals surface area (Å²) in [6, 6.07) is 5.60. The number of nitrogens with one attached hydrogen (secondary N) is 1. The van der Waals surface area contributed by atoms with Crippen molar-refractivity contribution in [3.05, 3.63) is 29.3 Å². The highest BCUT2D eigenvalue weighted by molar-refractivity contribution is 5.90. The van der Waals surface area contributed by atoms with E-state index in [-0.39, 0.29) is 12.3 Å². The van der Waals surface area contributed by atoms with Gasteiger partial charge >= 0.3 is 5.97 Å². The van der Waals surface area contributed by atoms with Crippen LogP contribution in [0.2, 0.25) is 0 Å². The maximum atomic E-state index is 11.8. The fourth-order valence-electron chi connectivity index (χ4n) is 3.25. The van der Waals surface area contributed by atoms with E-state index in [0.29, 0.717) is 17.9 Å². The van der Waals surface area contributed by atoms with Crippen LogP contribution in [0.25, 0.3) is 0 Å². The van der Waals surface area contributed by atoms with Crippen LogP contribution in [0.1, 0.15) is 48.0 Å². The van der Waals surface area contributed by atoms with Gasteiger partial charge in [0.1, 0.15) is 0 Å². The smallest absolute Gasteiger partial charge is 0.337 e. The van der Waals surface area contributed by atoms with Gasteiger partial charge in [-0.15, -0.1) is 0 Å². The number of rotatable bonds is 8. The Kier molecular flexibility index (Phi) is 7.53. The molecule has 1 aromatic rings. The Morgan fingerprint density at radius 2 is 1.88 bits per heavy atom. The van der Waals surface area contributed by atoms with Crippen LogP contribution in [0.3, 0.4) is 0 Å². The third-order valence-electron chi connectivity index (χ3n) is 4.75. The summed E-state index contributed by atoms with van der Waals surface area (Å²) >= 11 is 0. The molecular weight excluding hydrogens is 306 g/mol. The van der Waals surface area contributed by atoms with Gasteiger partial charge in [0.2, 0.25) is 0 Å². The van der Waals surface area contributed by atoms with E-state index in [9.17, 15) is 4.79 Å². The number of hydrogen-bond donors (Lipinski definition) is 1. The Hall–Kier alpha value is -1.59. The lowest BCUT2D eigenvalue weighted by molar-refractivity contribution is -0.100. The van der Waals surface area contributed by atoms with Crippen LogP contribution in [0.4, 0.5) is 5.69 Å². The van der Waals surface area contributed by atoms with Gasteiger partial charge in [-0.3, -0.25) is 0 Å². The summed E-state index contributed by atoms with van der Waals surface area (Å²) in [4.78, 5) is 11.8. The first-order valence-corrected chi connectivity index (χ1v) is 8.68. The molecule has 0 saturated heterocycles. The minimum Gasteiger partial charge on any atom is -0.465 e. The van der Waals surface area contributed by atoms with Gasteiger partial charge in [-0.2, -0.15) is 0 Å². The Morgan fingerprint density at radius 1 is 1.17 bits per heavy atom. The van der Waals surface area contributed by atoms with Crippen LogP contribution in [-0.4, -0.2) is 40.1 Å². The molecule has 0 aliphatic heterocycles. The standard InChI is InChI=1S/C19H29NO4/c1-22-18(23-2)12-15-9-10-16(19(21)24-3)11-17(15)20-13-14-7-5-4-6-8-14/h9-11,14,18,20H,4-8,12-13H2,1-3H3. The number of methoxy groups -OCH3 is 3. The van der Waals surface area contributed by atoms with Gasteiger partial charge in [-0.25, -0.2) is 4.79 Å². The number of carbonyl (C=O) groups excluding carboxylic acids is 1. The van der Waals surface area contributed by atoms with Crippen molar-refractivity contribution in [3.8, 4) is 0 Å². The molecule has 2 rings (SSSR count). The number of carbonyl (C=O) groups is 1. The summed E-state index contributed by atoms with van der Waals surface area (Å²) < 4.78 is 15.5. The van der Waals surface area contributed by atoms with Crippen LogP contribution in [-0.2, 0) is 20.6 Å². The molecule has 0 amide bonds. The number of hydrogen-bond acceptors (Lipinski definition) is 5. The quantitative estimate of drug-likeness (QED) is 0.581. The van der Waals surface area contributed by atoms with Crippen LogP contribution < -0.4 is 5.32 Å². The molecule has 0 aromatic heterocycles. The van der Waals surface area contributed by atoms with Crippen LogP contribution >= 0.6 is 0 Å². The average molecular weight is 335 g/mol. The number of esters is 1. The van der Waals surface area contributed by atoms with Gasteiger partial charge in [-0.05, 0) is 36.5 Å². The van der Waals surface area contributed by atoms with Crippen LogP contribution in [0.15, 0.2) is 18.2 Å². The van der Waals surface area contributed by atoms with E-state index >= 15 is 0 Å². The van der Waals surface area contributed by atoms with E-state index in [2.05, 4.69) is 5.32 Å². The predicted molar refractivity (Wildman–Crippen MR) is 94.4 cm³/mol. The van der Waals surface area contributed by atoms with E-state index in [1.165, 1.54) is 39.2 Å². The maximum absolute atomic E-state index is 11.8. The number of anilines is 1. The monoisotopic (exact) mass is 335 g/mol. The molecule has 1 aliphatic rings. The lowest BCUT2D eigenvalue weighted by Gasteiger charge is -2.24. The van der Waals surface area contributed by atoms with Gasteiger partial charge in [0, 0.05) is 32.9 Å². The summed E-state index contributed by atoms with van der Waals surface area (Å²) in [6.07, 6.45) is 6.86. The zero-order valence-electron chi connectivity index (χ0n) is 15.0. The summed E-state index contributed by atoms with van der Waals surface area (Å²) in [5, 5.41) is 3.54. The van der Waals surface area contributed by atoms with E-state index in [0.717, 1.165) is 17.8 Å². The summed E-state index contributed by atoms with van der Waals surface area (Å²) in [6.45, 7) is 0.933. The molecule has 0 atom stereocenters. The van der Waals surface area contributed by atoms with Crippen LogP contribution in [0.5, 0.6) is 0 Å². The second-order valence-electron chi connectivity index (χ2n) is 6.35. The molecule has 1 saturated carbocycles. The summed E-state index contributed by atoms with van der Waals surface area (Å²) in [7, 11) is 4.66. The third-order valence-corrected chi connectivity index (χ3v) is 4.75. The predicted octanol–water partition coefficient (Wildman–Crippen LogP) is 3.63. The highest BCUT2D eigenvalue weighted by atomic mass is 16.7. The molecule has 134 valence electrons. The molecule has 1 N–H and O–H groups in total. The number of benzene rings is 1. The van der Waals surface area contributed by atoms with Crippen molar-refractivity contribution in [1.82, 2.24) is 0 Å². The fraction of sp³-hybridized carbons (Fsp3) is 0.632. The molecule has 0 bridgehead atoms. The minimum absolute atomic E-state index is 0.302. The minimum atomic E-state index is -0.322. The Morgan fingerprint density at radius 3 is 2.50 bits per heavy atom. The van der Waals surface area contributed by atoms with Gasteiger partial charge in [0.15, 0.2) is 6.29 Å². The maximum Gasteiger partial charge on any atom is 0.337 e. The first-order chi connectivity index (χ1) is 11.7. The van der Waals surface area contributed by atoms with E-state index in [1.807, 2.05) is 12.1 Å². The van der Waals surface area contributed by atoms with Crippen molar-refractivity contribution in [2.75, 3.05) is 33.2 Å². The van der Waals surface area contributed by atoms with Crippen molar-refractivity contribution < 1.29 is 19.0 Å². The number of ether oxygens (including phenoxy) is 3. The fourth-order valence-corrected chi connectivity index (χ4v) is 3.25. The topological polar surface area (TPSA) is 56.8 Å². The van der Waals surface area contributed by atoms with E-state index in [4.69, 9.17) is 14.2 Å². The van der Waals surface area contributed by atoms with E-state index in [1.54, 1.807) is 20.3 Å². The molecule has 0 radical (unpaired) electrons. The van der Waals surface area contributed by atoms with E-state index < -0.39 is 0 Å². The molecule has 5 nitrogen and oxygen atoms in total. The molecule has 5 heteroatoms. The molecule has 1 fully saturated rings. The van der Waals surface area contributed by atoms with Crippen molar-refractivity contribution in [3.63, 3.8) is 0 Å². The molecule has 0 unspecified atom stereocenters. The Labute approximate surface area is 144 Å². The SMILES string of the molecule is COC(=O)c1ccc(CC(OC)OC)c(NCC2CCCCC2)c1. The zero-order chi connectivity index (χ0) is 17.4. The Bertz CT molecular complexity index is 522. The molecule has 1 aliphatic carbocycles. The molecule has 0 spiro atoms. The first-order valence-electron chi connectivity index (χ1n) is 8.68. The van der Waals surface area contributed by atoms with Gasteiger partial charge in [0.05, 0.1) is 12.7 Å². The van der Waals surface area contributed by atoms with Gasteiger partial charge in [0.25, 0.3) is 0 Å². The van der Waals surface area contributed by atoms with Crippen LogP contribution in [0, 0.1) is 5.92 Å². The van der Waals surface area contributed by atoms with Crippen molar-refractivity contribution in [2.45, 2.75) is 44.8 Å². The normalized spacial score (nSPS) is 15.5. The average Bonchev–Trinajstić information content (AvgIpc) is 2.65. The molecule has 1 aromatic carbocycles. The van der Waals surface area contributed by atoms with Gasteiger partial charge in [-0.1, -0.05) is 25.3 Å². The third kappa shape index (κ3) is 5.21. The van der Waals surface area contributed by atoms with Crippen molar-refractivity contribution in [2.24, 2.45) is 5.92 Å². The zero-order valence-corrected chi connectivity index (χ0v) is 15.0. The lowest BCUT2D eigenvalue weighted by atomic mass is 9.89. The molecule has 24 heavy (non-hydrogen) atoms. The second kappa shape index (κ2) is 9.64. The summed E-state index contributed by atoms with van der Waals surface area (Å²) in [5.41, 5.74) is 2.59. The largest absolute Gasteiger partial charge is 0.465 e. The highest BCUT2D eigenvalue weighted by Gasteiger charge is 2.17. The first kappa shape index (κ1) is 18.7. The second-order valence-corrected chi connectivity index (χ2v) is 6.35. The lowest BCUT2D eigenvalue weighted by Crippen LogP contribution is -2.20. The summed E-state index contributed by atoms with van der Waals surface area (Å²) in [5.74, 6) is 0.381. The van der Waals surface area contributed by atoms with Gasteiger partial charge < -0.3 is 19.5 Å².